The zero-order valence-electron chi connectivity index (χ0n) is 18.8. The third kappa shape index (κ3) is 5.99. The van der Waals surface area contributed by atoms with E-state index in [1.165, 1.54) is 17.8 Å². The SMILES string of the molecule is O=C(NC(=O)N(CCN1CCCCC1)Cc1ccc2sc(C(=O)NO)cc2c1)c1ccccc1. The number of nitrogens with one attached hydrogen (secondary N) is 2. The highest BCUT2D eigenvalue weighted by Gasteiger charge is 2.20. The molecule has 0 aliphatic carbocycles. The van der Waals surface area contributed by atoms with Gasteiger partial charge in [0, 0.05) is 29.9 Å². The molecular weight excluding hydrogens is 452 g/mol. The molecule has 4 amide bonds. The molecule has 34 heavy (non-hydrogen) atoms. The van der Waals surface area contributed by atoms with Gasteiger partial charge in [0.15, 0.2) is 0 Å². The average Bonchev–Trinajstić information content (AvgIpc) is 3.30. The fourth-order valence-corrected chi connectivity index (χ4v) is 5.05. The van der Waals surface area contributed by atoms with E-state index in [4.69, 9.17) is 5.21 Å². The van der Waals surface area contributed by atoms with Crippen LogP contribution in [0.25, 0.3) is 10.1 Å². The van der Waals surface area contributed by atoms with Crippen molar-refractivity contribution < 1.29 is 19.6 Å². The first kappa shape index (κ1) is 23.9. The third-order valence-corrected chi connectivity index (χ3v) is 7.07. The molecule has 0 radical (unpaired) electrons. The lowest BCUT2D eigenvalue weighted by atomic mass is 10.1. The van der Waals surface area contributed by atoms with E-state index < -0.39 is 17.8 Å². The summed E-state index contributed by atoms with van der Waals surface area (Å²) in [6, 6.07) is 15.7. The standard InChI is InChI=1S/C25H28N4O4S/c30-23(19-7-3-1-4-8-19)26-25(32)29(14-13-28-11-5-2-6-12-28)17-18-9-10-21-20(15-18)16-22(34-21)24(31)27-33/h1,3-4,7-10,15-16,33H,2,5-6,11-14,17H2,(H,27,31)(H,26,30,32). The maximum atomic E-state index is 13.1. The maximum Gasteiger partial charge on any atom is 0.324 e. The van der Waals surface area contributed by atoms with E-state index >= 15 is 0 Å². The molecule has 1 saturated heterocycles. The molecule has 3 N–H and O–H groups in total. The van der Waals surface area contributed by atoms with E-state index in [1.54, 1.807) is 40.7 Å². The van der Waals surface area contributed by atoms with Gasteiger partial charge in [0.1, 0.15) is 0 Å². The number of urea groups is 1. The normalized spacial score (nSPS) is 14.0. The third-order valence-electron chi connectivity index (χ3n) is 5.96. The van der Waals surface area contributed by atoms with Crippen molar-refractivity contribution in [3.8, 4) is 0 Å². The van der Waals surface area contributed by atoms with E-state index in [-0.39, 0.29) is 0 Å². The van der Waals surface area contributed by atoms with Crippen LogP contribution in [0.3, 0.4) is 0 Å². The highest BCUT2D eigenvalue weighted by atomic mass is 32.1. The topological polar surface area (TPSA) is 102 Å². The summed E-state index contributed by atoms with van der Waals surface area (Å²) in [5.41, 5.74) is 2.98. The second-order valence-electron chi connectivity index (χ2n) is 8.37. The fraction of sp³-hybridized carbons (Fsp3) is 0.320. The van der Waals surface area contributed by atoms with E-state index in [0.717, 1.165) is 48.1 Å². The lowest BCUT2D eigenvalue weighted by Gasteiger charge is -2.30. The van der Waals surface area contributed by atoms with Crippen LogP contribution in [0.4, 0.5) is 4.79 Å². The van der Waals surface area contributed by atoms with Crippen molar-refractivity contribution in [3.63, 3.8) is 0 Å². The number of hydroxylamine groups is 1. The van der Waals surface area contributed by atoms with Crippen LogP contribution in [0.5, 0.6) is 0 Å². The number of benzene rings is 2. The molecule has 4 rings (SSSR count). The average molecular weight is 481 g/mol. The molecule has 1 aromatic heterocycles. The minimum absolute atomic E-state index is 0.328. The number of hydrogen-bond donors (Lipinski definition) is 3. The van der Waals surface area contributed by atoms with Crippen LogP contribution in [0, 0.1) is 0 Å². The highest BCUT2D eigenvalue weighted by molar-refractivity contribution is 7.20. The maximum absolute atomic E-state index is 13.1. The van der Waals surface area contributed by atoms with Crippen molar-refractivity contribution in [1.29, 1.82) is 0 Å². The summed E-state index contributed by atoms with van der Waals surface area (Å²) in [7, 11) is 0. The first-order valence-corrected chi connectivity index (χ1v) is 12.2. The van der Waals surface area contributed by atoms with Crippen molar-refractivity contribution in [2.75, 3.05) is 26.2 Å². The van der Waals surface area contributed by atoms with Gasteiger partial charge in [0.2, 0.25) is 0 Å². The van der Waals surface area contributed by atoms with Gasteiger partial charge in [0.25, 0.3) is 11.8 Å². The van der Waals surface area contributed by atoms with Crippen molar-refractivity contribution in [1.82, 2.24) is 20.6 Å². The summed E-state index contributed by atoms with van der Waals surface area (Å²) >= 11 is 1.28. The summed E-state index contributed by atoms with van der Waals surface area (Å²) in [4.78, 5) is 41.8. The number of carbonyl (C=O) groups is 3. The number of rotatable bonds is 7. The monoisotopic (exact) mass is 480 g/mol. The zero-order chi connectivity index (χ0) is 23.9. The Labute approximate surface area is 202 Å². The van der Waals surface area contributed by atoms with Crippen molar-refractivity contribution >= 4 is 39.3 Å². The van der Waals surface area contributed by atoms with Crippen molar-refractivity contribution in [2.24, 2.45) is 0 Å². The first-order chi connectivity index (χ1) is 16.5. The molecule has 0 atom stereocenters. The molecule has 9 heteroatoms. The van der Waals surface area contributed by atoms with Gasteiger partial charge in [-0.3, -0.25) is 20.1 Å². The fourth-order valence-electron chi connectivity index (χ4n) is 4.11. The molecule has 2 heterocycles. The summed E-state index contributed by atoms with van der Waals surface area (Å²) in [6.07, 6.45) is 3.57. The Balaban J connectivity index is 1.49. The largest absolute Gasteiger partial charge is 0.324 e. The first-order valence-electron chi connectivity index (χ1n) is 11.4. The van der Waals surface area contributed by atoms with Crippen LogP contribution < -0.4 is 10.8 Å². The highest BCUT2D eigenvalue weighted by Crippen LogP contribution is 2.27. The van der Waals surface area contributed by atoms with Crippen molar-refractivity contribution in [3.05, 3.63) is 70.6 Å². The molecule has 0 bridgehead atoms. The number of fused-ring (bicyclic) bond motifs is 1. The van der Waals surface area contributed by atoms with Crippen LogP contribution in [0.2, 0.25) is 0 Å². The molecule has 8 nitrogen and oxygen atoms in total. The number of nitrogens with zero attached hydrogens (tertiary/aromatic N) is 2. The van der Waals surface area contributed by atoms with E-state index in [0.29, 0.717) is 23.5 Å². The number of amides is 4. The minimum Gasteiger partial charge on any atom is -0.319 e. The predicted molar refractivity (Wildman–Crippen MR) is 131 cm³/mol. The van der Waals surface area contributed by atoms with Gasteiger partial charge < -0.3 is 9.80 Å². The molecule has 0 saturated carbocycles. The Hall–Kier alpha value is -3.27. The van der Waals surface area contributed by atoms with Crippen LogP contribution in [-0.4, -0.2) is 59.0 Å². The van der Waals surface area contributed by atoms with E-state index in [2.05, 4.69) is 10.2 Å². The molecule has 3 aromatic rings. The lowest BCUT2D eigenvalue weighted by Crippen LogP contribution is -2.46. The number of piperidine rings is 1. The molecule has 1 fully saturated rings. The van der Waals surface area contributed by atoms with Crippen LogP contribution in [-0.2, 0) is 6.54 Å². The summed E-state index contributed by atoms with van der Waals surface area (Å²) in [5, 5.41) is 12.3. The quantitative estimate of drug-likeness (QED) is 0.352. The van der Waals surface area contributed by atoms with Crippen molar-refractivity contribution in [2.45, 2.75) is 25.8 Å². The molecule has 1 aliphatic heterocycles. The Bertz CT molecular complexity index is 1160. The van der Waals surface area contributed by atoms with E-state index in [9.17, 15) is 14.4 Å². The zero-order valence-corrected chi connectivity index (χ0v) is 19.6. The summed E-state index contributed by atoms with van der Waals surface area (Å²) in [5.74, 6) is -0.980. The molecule has 178 valence electrons. The number of imide groups is 1. The lowest BCUT2D eigenvalue weighted by molar-refractivity contribution is 0.0711. The smallest absolute Gasteiger partial charge is 0.319 e. The Kier molecular flexibility index (Phi) is 7.89. The molecule has 2 aromatic carbocycles. The molecule has 0 unspecified atom stereocenters. The number of hydrogen-bond acceptors (Lipinski definition) is 6. The Morgan fingerprint density at radius 1 is 0.971 bits per heavy atom. The van der Waals surface area contributed by atoms with Crippen LogP contribution >= 0.6 is 11.3 Å². The van der Waals surface area contributed by atoms with Gasteiger partial charge in [-0.1, -0.05) is 30.7 Å². The molecule has 0 spiro atoms. The van der Waals surface area contributed by atoms with Gasteiger partial charge >= 0.3 is 6.03 Å². The minimum atomic E-state index is -0.551. The summed E-state index contributed by atoms with van der Waals surface area (Å²) in [6.45, 7) is 3.61. The second-order valence-corrected chi connectivity index (χ2v) is 9.46. The van der Waals surface area contributed by atoms with Gasteiger partial charge in [-0.25, -0.2) is 10.3 Å². The molecule has 1 aliphatic rings. The van der Waals surface area contributed by atoms with Gasteiger partial charge in [-0.2, -0.15) is 0 Å². The Morgan fingerprint density at radius 3 is 2.47 bits per heavy atom. The summed E-state index contributed by atoms with van der Waals surface area (Å²) < 4.78 is 0.908. The predicted octanol–water partition coefficient (Wildman–Crippen LogP) is 3.86. The van der Waals surface area contributed by atoms with E-state index in [1.807, 2.05) is 24.3 Å². The number of carbonyl (C=O) groups excluding carboxylic acids is 3. The Morgan fingerprint density at radius 2 is 1.74 bits per heavy atom. The second kappa shape index (κ2) is 11.2. The number of likely N-dealkylation sites (tertiary alicyclic amines) is 1. The van der Waals surface area contributed by atoms with Gasteiger partial charge in [-0.05, 0) is 67.2 Å². The van der Waals surface area contributed by atoms with Crippen LogP contribution in [0.1, 0.15) is 44.9 Å². The number of thiophene rings is 1. The van der Waals surface area contributed by atoms with Crippen LogP contribution in [0.15, 0.2) is 54.6 Å². The van der Waals surface area contributed by atoms with Gasteiger partial charge in [0.05, 0.1) is 4.88 Å². The molecular formula is C25H28N4O4S. The van der Waals surface area contributed by atoms with Gasteiger partial charge in [-0.15, -0.1) is 11.3 Å².